The molecule has 0 saturated heterocycles. The van der Waals surface area contributed by atoms with E-state index in [2.05, 4.69) is 5.43 Å². The van der Waals surface area contributed by atoms with E-state index in [0.717, 1.165) is 5.69 Å². The number of nitrogens with one attached hydrogen (secondary N) is 1. The summed E-state index contributed by atoms with van der Waals surface area (Å²) in [5, 5.41) is 10.9. The molecule has 1 aromatic carbocycles. The maximum absolute atomic E-state index is 8.60. The number of hydrogen-bond donors (Lipinski definition) is 1. The first-order chi connectivity index (χ1) is 6.13. The molecular formula is C9H10ClN3. The Bertz CT molecular complexity index is 341. The zero-order valence-electron chi connectivity index (χ0n) is 7.50. The molecule has 0 unspecified atom stereocenters. The Balaban J connectivity index is 2.93. The topological polar surface area (TPSA) is 39.1 Å². The van der Waals surface area contributed by atoms with Crippen LogP contribution in [0.15, 0.2) is 18.2 Å². The van der Waals surface area contributed by atoms with Crippen LogP contribution in [0.5, 0.6) is 0 Å². The molecule has 0 heterocycles. The summed E-state index contributed by atoms with van der Waals surface area (Å²) in [4.78, 5) is 0. The zero-order chi connectivity index (χ0) is 9.84. The van der Waals surface area contributed by atoms with E-state index in [1.165, 1.54) is 0 Å². The van der Waals surface area contributed by atoms with Crippen molar-refractivity contribution in [1.29, 1.82) is 5.26 Å². The fraction of sp³-hybridized carbons (Fsp3) is 0.222. The van der Waals surface area contributed by atoms with Crippen molar-refractivity contribution >= 4 is 17.3 Å². The third-order valence-corrected chi connectivity index (χ3v) is 1.75. The molecule has 0 fully saturated rings. The van der Waals surface area contributed by atoms with Crippen LogP contribution in [0.25, 0.3) is 0 Å². The first-order valence-electron chi connectivity index (χ1n) is 3.77. The molecule has 0 atom stereocenters. The van der Waals surface area contributed by atoms with Gasteiger partial charge in [-0.1, -0.05) is 11.6 Å². The van der Waals surface area contributed by atoms with Gasteiger partial charge in [0.1, 0.15) is 0 Å². The summed E-state index contributed by atoms with van der Waals surface area (Å²) in [5.74, 6) is 0. The van der Waals surface area contributed by atoms with Crippen molar-refractivity contribution < 1.29 is 0 Å². The van der Waals surface area contributed by atoms with Crippen molar-refractivity contribution in [1.82, 2.24) is 5.01 Å². The Morgan fingerprint density at radius 1 is 1.46 bits per heavy atom. The molecule has 0 aliphatic heterocycles. The van der Waals surface area contributed by atoms with E-state index in [-0.39, 0.29) is 0 Å². The molecule has 0 spiro atoms. The lowest BCUT2D eigenvalue weighted by molar-refractivity contribution is 0.495. The molecule has 3 nitrogen and oxygen atoms in total. The van der Waals surface area contributed by atoms with Crippen LogP contribution in [-0.2, 0) is 0 Å². The quantitative estimate of drug-likeness (QED) is 0.735. The highest BCUT2D eigenvalue weighted by Gasteiger charge is 2.01. The number of benzene rings is 1. The molecule has 68 valence electrons. The summed E-state index contributed by atoms with van der Waals surface area (Å²) in [6.45, 7) is 0. The van der Waals surface area contributed by atoms with E-state index in [1.54, 1.807) is 23.2 Å². The summed E-state index contributed by atoms with van der Waals surface area (Å²) in [5.41, 5.74) is 4.38. The van der Waals surface area contributed by atoms with Gasteiger partial charge in [0, 0.05) is 14.1 Å². The highest BCUT2D eigenvalue weighted by atomic mass is 35.5. The molecule has 0 bridgehead atoms. The van der Waals surface area contributed by atoms with Crippen LogP contribution in [-0.4, -0.2) is 19.1 Å². The number of halogens is 1. The van der Waals surface area contributed by atoms with Gasteiger partial charge in [0.15, 0.2) is 0 Å². The lowest BCUT2D eigenvalue weighted by atomic mass is 10.2. The number of anilines is 1. The third-order valence-electron chi connectivity index (χ3n) is 1.44. The van der Waals surface area contributed by atoms with Gasteiger partial charge in [-0.05, 0) is 18.2 Å². The Kier molecular flexibility index (Phi) is 3.13. The Morgan fingerprint density at radius 2 is 2.15 bits per heavy atom. The van der Waals surface area contributed by atoms with Crippen molar-refractivity contribution in [3.8, 4) is 6.07 Å². The molecule has 0 aliphatic rings. The molecule has 0 aromatic heterocycles. The lowest BCUT2D eigenvalue weighted by Crippen LogP contribution is -2.19. The molecular weight excluding hydrogens is 186 g/mol. The molecule has 1 rings (SSSR count). The van der Waals surface area contributed by atoms with E-state index in [0.29, 0.717) is 10.6 Å². The Hall–Kier alpha value is -1.24. The summed E-state index contributed by atoms with van der Waals surface area (Å²) < 4.78 is 0. The van der Waals surface area contributed by atoms with Crippen LogP contribution >= 0.6 is 11.6 Å². The summed E-state index contributed by atoms with van der Waals surface area (Å²) in [7, 11) is 3.74. The molecule has 0 amide bonds. The minimum absolute atomic E-state index is 0.549. The van der Waals surface area contributed by atoms with E-state index in [9.17, 15) is 0 Å². The average Bonchev–Trinajstić information content (AvgIpc) is 2.08. The van der Waals surface area contributed by atoms with E-state index < -0.39 is 0 Å². The highest BCUT2D eigenvalue weighted by Crippen LogP contribution is 2.22. The summed E-state index contributed by atoms with van der Waals surface area (Å²) in [6, 6.07) is 7.15. The van der Waals surface area contributed by atoms with Crippen molar-refractivity contribution in [3.63, 3.8) is 0 Å². The van der Waals surface area contributed by atoms with Gasteiger partial charge in [0.25, 0.3) is 0 Å². The lowest BCUT2D eigenvalue weighted by Gasteiger charge is -2.14. The van der Waals surface area contributed by atoms with Crippen molar-refractivity contribution in [2.45, 2.75) is 0 Å². The van der Waals surface area contributed by atoms with Crippen LogP contribution in [0.3, 0.4) is 0 Å². The van der Waals surface area contributed by atoms with Gasteiger partial charge in [-0.3, -0.25) is 0 Å². The van der Waals surface area contributed by atoms with Gasteiger partial charge >= 0.3 is 0 Å². The maximum Gasteiger partial charge on any atom is 0.0992 e. The minimum atomic E-state index is 0.549. The molecule has 0 radical (unpaired) electrons. The number of hydrazine groups is 1. The van der Waals surface area contributed by atoms with Gasteiger partial charge in [0.2, 0.25) is 0 Å². The predicted octanol–water partition coefficient (Wildman–Crippen LogP) is 2.10. The molecule has 4 heteroatoms. The largest absolute Gasteiger partial charge is 0.318 e. The molecule has 0 aliphatic carbocycles. The third kappa shape index (κ3) is 2.62. The van der Waals surface area contributed by atoms with E-state index >= 15 is 0 Å². The second-order valence-electron chi connectivity index (χ2n) is 2.81. The molecule has 0 saturated carbocycles. The standard InChI is InChI=1S/C9H10ClN3/c1-13(2)12-9-4-3-7(6-11)5-8(9)10/h3-5,12H,1-2H3. The number of nitrogens with zero attached hydrogens (tertiary/aromatic N) is 2. The normalized spacial score (nSPS) is 9.77. The molecule has 1 aromatic rings. The zero-order valence-corrected chi connectivity index (χ0v) is 8.26. The van der Waals surface area contributed by atoms with Gasteiger partial charge in [0.05, 0.1) is 22.3 Å². The molecule has 13 heavy (non-hydrogen) atoms. The van der Waals surface area contributed by atoms with Gasteiger partial charge < -0.3 is 5.43 Å². The fourth-order valence-corrected chi connectivity index (χ4v) is 1.14. The van der Waals surface area contributed by atoms with Crippen LogP contribution in [0, 0.1) is 11.3 Å². The Labute approximate surface area is 82.5 Å². The minimum Gasteiger partial charge on any atom is -0.318 e. The first kappa shape index (κ1) is 9.85. The number of rotatable bonds is 2. The maximum atomic E-state index is 8.60. The van der Waals surface area contributed by atoms with Crippen molar-refractivity contribution in [3.05, 3.63) is 28.8 Å². The fourth-order valence-electron chi connectivity index (χ4n) is 0.916. The van der Waals surface area contributed by atoms with Crippen LogP contribution in [0.4, 0.5) is 5.69 Å². The van der Waals surface area contributed by atoms with Crippen LogP contribution in [0.2, 0.25) is 5.02 Å². The number of hydrogen-bond acceptors (Lipinski definition) is 3. The predicted molar refractivity (Wildman–Crippen MR) is 53.5 cm³/mol. The van der Waals surface area contributed by atoms with Crippen molar-refractivity contribution in [2.75, 3.05) is 19.5 Å². The number of nitriles is 1. The average molecular weight is 196 g/mol. The summed E-state index contributed by atoms with van der Waals surface area (Å²) >= 11 is 5.91. The SMILES string of the molecule is CN(C)Nc1ccc(C#N)cc1Cl. The van der Waals surface area contributed by atoms with Crippen LogP contribution < -0.4 is 5.43 Å². The summed E-state index contributed by atoms with van der Waals surface area (Å²) in [6.07, 6.45) is 0. The first-order valence-corrected chi connectivity index (χ1v) is 4.15. The monoisotopic (exact) mass is 195 g/mol. The van der Waals surface area contributed by atoms with Gasteiger partial charge in [-0.2, -0.15) is 5.26 Å². The molecule has 1 N–H and O–H groups in total. The second-order valence-corrected chi connectivity index (χ2v) is 3.22. The van der Waals surface area contributed by atoms with Crippen molar-refractivity contribution in [2.24, 2.45) is 0 Å². The van der Waals surface area contributed by atoms with Gasteiger partial charge in [-0.15, -0.1) is 0 Å². The smallest absolute Gasteiger partial charge is 0.0992 e. The van der Waals surface area contributed by atoms with Crippen LogP contribution in [0.1, 0.15) is 5.56 Å². The Morgan fingerprint density at radius 3 is 2.62 bits per heavy atom. The van der Waals surface area contributed by atoms with Gasteiger partial charge in [-0.25, -0.2) is 5.01 Å². The van der Waals surface area contributed by atoms with E-state index in [4.69, 9.17) is 16.9 Å². The van der Waals surface area contributed by atoms with E-state index in [1.807, 2.05) is 20.2 Å². The highest BCUT2D eigenvalue weighted by molar-refractivity contribution is 6.33. The second kappa shape index (κ2) is 4.13.